The fourth-order valence-electron chi connectivity index (χ4n) is 2.16. The average molecular weight is 276 g/mol. The zero-order chi connectivity index (χ0) is 14.5. The van der Waals surface area contributed by atoms with Gasteiger partial charge in [0.2, 0.25) is 0 Å². The van der Waals surface area contributed by atoms with Crippen LogP contribution < -0.4 is 15.2 Å². The Labute approximate surface area is 118 Å². The fraction of sp³-hybridized carbons (Fsp3) is 0.400. The van der Waals surface area contributed by atoms with Gasteiger partial charge in [0.05, 0.1) is 20.8 Å². The standard InChI is InChI=1S/C15H20N2O3/c1-4-7-16-8-9-17(15(16)18)11-12-5-6-13(19-2)14(10-12)20-3/h5-6,8-10H,4,7,11H2,1-3H3. The molecule has 0 unspecified atom stereocenters. The van der Waals surface area contributed by atoms with Crippen molar-refractivity contribution in [2.75, 3.05) is 14.2 Å². The van der Waals surface area contributed by atoms with Crippen LogP contribution >= 0.6 is 0 Å². The minimum absolute atomic E-state index is 0.0154. The lowest BCUT2D eigenvalue weighted by atomic mass is 10.2. The molecular formula is C15H20N2O3. The van der Waals surface area contributed by atoms with Gasteiger partial charge in [0.15, 0.2) is 11.5 Å². The van der Waals surface area contributed by atoms with Crippen LogP contribution in [0, 0.1) is 0 Å². The summed E-state index contributed by atoms with van der Waals surface area (Å²) in [6.07, 6.45) is 4.58. The second kappa shape index (κ2) is 6.32. The molecule has 0 spiro atoms. The lowest BCUT2D eigenvalue weighted by Gasteiger charge is -2.09. The number of ether oxygens (including phenoxy) is 2. The first-order valence-electron chi connectivity index (χ1n) is 6.66. The first-order chi connectivity index (χ1) is 9.69. The van der Waals surface area contributed by atoms with Crippen molar-refractivity contribution in [1.82, 2.24) is 9.13 Å². The highest BCUT2D eigenvalue weighted by molar-refractivity contribution is 5.42. The van der Waals surface area contributed by atoms with Crippen molar-refractivity contribution in [2.24, 2.45) is 0 Å². The van der Waals surface area contributed by atoms with Gasteiger partial charge in [-0.3, -0.25) is 9.13 Å². The molecule has 20 heavy (non-hydrogen) atoms. The molecule has 0 saturated heterocycles. The van der Waals surface area contributed by atoms with Crippen molar-refractivity contribution in [3.8, 4) is 11.5 Å². The summed E-state index contributed by atoms with van der Waals surface area (Å²) in [6.45, 7) is 3.33. The summed E-state index contributed by atoms with van der Waals surface area (Å²) < 4.78 is 13.9. The van der Waals surface area contributed by atoms with Crippen LogP contribution in [0.25, 0.3) is 0 Å². The Morgan fingerprint density at radius 2 is 1.75 bits per heavy atom. The van der Waals surface area contributed by atoms with E-state index in [1.165, 1.54) is 0 Å². The van der Waals surface area contributed by atoms with Crippen LogP contribution in [0.15, 0.2) is 35.4 Å². The van der Waals surface area contributed by atoms with Gasteiger partial charge in [0, 0.05) is 18.9 Å². The van der Waals surface area contributed by atoms with E-state index in [2.05, 4.69) is 6.92 Å². The predicted molar refractivity (Wildman–Crippen MR) is 77.6 cm³/mol. The minimum Gasteiger partial charge on any atom is -0.493 e. The van der Waals surface area contributed by atoms with Crippen LogP contribution in [0.4, 0.5) is 0 Å². The van der Waals surface area contributed by atoms with Gasteiger partial charge in [-0.25, -0.2) is 4.79 Å². The van der Waals surface area contributed by atoms with E-state index in [0.29, 0.717) is 18.0 Å². The lowest BCUT2D eigenvalue weighted by molar-refractivity contribution is 0.354. The topological polar surface area (TPSA) is 45.4 Å². The number of rotatable bonds is 6. The van der Waals surface area contributed by atoms with Crippen molar-refractivity contribution in [3.63, 3.8) is 0 Å². The number of imidazole rings is 1. The molecule has 0 fully saturated rings. The molecule has 0 atom stereocenters. The molecule has 0 amide bonds. The van der Waals surface area contributed by atoms with Crippen molar-refractivity contribution >= 4 is 0 Å². The summed E-state index contributed by atoms with van der Waals surface area (Å²) in [4.78, 5) is 12.1. The van der Waals surface area contributed by atoms with Gasteiger partial charge in [-0.05, 0) is 24.1 Å². The molecule has 0 aliphatic carbocycles. The van der Waals surface area contributed by atoms with Crippen molar-refractivity contribution in [3.05, 3.63) is 46.6 Å². The molecule has 2 aromatic rings. The number of benzene rings is 1. The quantitative estimate of drug-likeness (QED) is 0.812. The molecule has 0 N–H and O–H groups in total. The summed E-state index contributed by atoms with van der Waals surface area (Å²) in [7, 11) is 3.21. The summed E-state index contributed by atoms with van der Waals surface area (Å²) in [5, 5.41) is 0. The molecule has 5 nitrogen and oxygen atoms in total. The fourth-order valence-corrected chi connectivity index (χ4v) is 2.16. The summed E-state index contributed by atoms with van der Waals surface area (Å²) in [5.41, 5.74) is 1.01. The van der Waals surface area contributed by atoms with Gasteiger partial charge in [-0.15, -0.1) is 0 Å². The van der Waals surface area contributed by atoms with E-state index in [4.69, 9.17) is 9.47 Å². The average Bonchev–Trinajstić information content (AvgIpc) is 2.80. The van der Waals surface area contributed by atoms with Gasteiger partial charge in [0.1, 0.15) is 0 Å². The number of hydrogen-bond donors (Lipinski definition) is 0. The number of hydrogen-bond acceptors (Lipinski definition) is 3. The van der Waals surface area contributed by atoms with Crippen LogP contribution in [0.2, 0.25) is 0 Å². The van der Waals surface area contributed by atoms with E-state index in [1.807, 2.05) is 30.6 Å². The Bertz CT molecular complexity index is 628. The Morgan fingerprint density at radius 3 is 2.40 bits per heavy atom. The third kappa shape index (κ3) is 2.87. The summed E-state index contributed by atoms with van der Waals surface area (Å²) in [5.74, 6) is 1.36. The first kappa shape index (κ1) is 14.2. The highest BCUT2D eigenvalue weighted by atomic mass is 16.5. The molecule has 0 bridgehead atoms. The largest absolute Gasteiger partial charge is 0.493 e. The maximum absolute atomic E-state index is 12.1. The van der Waals surface area contributed by atoms with E-state index < -0.39 is 0 Å². The van der Waals surface area contributed by atoms with Gasteiger partial charge in [-0.1, -0.05) is 13.0 Å². The summed E-state index contributed by atoms with van der Waals surface area (Å²) >= 11 is 0. The van der Waals surface area contributed by atoms with Crippen LogP contribution in [-0.2, 0) is 13.1 Å². The minimum atomic E-state index is 0.0154. The Kier molecular flexibility index (Phi) is 4.50. The molecule has 1 aromatic carbocycles. The lowest BCUT2D eigenvalue weighted by Crippen LogP contribution is -2.24. The molecular weight excluding hydrogens is 256 g/mol. The third-order valence-electron chi connectivity index (χ3n) is 3.18. The molecule has 108 valence electrons. The molecule has 0 aliphatic rings. The summed E-state index contributed by atoms with van der Waals surface area (Å²) in [6, 6.07) is 5.68. The molecule has 0 saturated carbocycles. The van der Waals surface area contributed by atoms with E-state index in [9.17, 15) is 4.79 Å². The molecule has 1 heterocycles. The maximum Gasteiger partial charge on any atom is 0.328 e. The second-order valence-corrected chi connectivity index (χ2v) is 4.59. The zero-order valence-electron chi connectivity index (χ0n) is 12.1. The van der Waals surface area contributed by atoms with Crippen molar-refractivity contribution < 1.29 is 9.47 Å². The molecule has 0 aliphatic heterocycles. The van der Waals surface area contributed by atoms with Gasteiger partial charge in [-0.2, -0.15) is 0 Å². The van der Waals surface area contributed by atoms with Crippen molar-refractivity contribution in [1.29, 1.82) is 0 Å². The zero-order valence-corrected chi connectivity index (χ0v) is 12.1. The Hall–Kier alpha value is -2.17. The van der Waals surface area contributed by atoms with E-state index in [0.717, 1.165) is 18.5 Å². The second-order valence-electron chi connectivity index (χ2n) is 4.59. The predicted octanol–water partition coefficient (Wildman–Crippen LogP) is 2.13. The van der Waals surface area contributed by atoms with Gasteiger partial charge < -0.3 is 9.47 Å². The smallest absolute Gasteiger partial charge is 0.328 e. The monoisotopic (exact) mass is 276 g/mol. The Morgan fingerprint density at radius 1 is 1.05 bits per heavy atom. The highest BCUT2D eigenvalue weighted by Gasteiger charge is 2.07. The third-order valence-corrected chi connectivity index (χ3v) is 3.18. The molecule has 1 aromatic heterocycles. The number of nitrogens with zero attached hydrogens (tertiary/aromatic N) is 2. The number of aromatic nitrogens is 2. The van der Waals surface area contributed by atoms with Gasteiger partial charge >= 0.3 is 5.69 Å². The van der Waals surface area contributed by atoms with Crippen LogP contribution in [0.5, 0.6) is 11.5 Å². The number of methoxy groups -OCH3 is 2. The van der Waals surface area contributed by atoms with Crippen molar-refractivity contribution in [2.45, 2.75) is 26.4 Å². The number of aryl methyl sites for hydroxylation is 1. The molecule has 2 rings (SSSR count). The van der Waals surface area contributed by atoms with E-state index >= 15 is 0 Å². The molecule has 0 radical (unpaired) electrons. The van der Waals surface area contributed by atoms with Gasteiger partial charge in [0.25, 0.3) is 0 Å². The van der Waals surface area contributed by atoms with E-state index in [1.54, 1.807) is 23.4 Å². The van der Waals surface area contributed by atoms with Crippen LogP contribution in [-0.4, -0.2) is 23.4 Å². The van der Waals surface area contributed by atoms with Crippen LogP contribution in [0.3, 0.4) is 0 Å². The normalized spacial score (nSPS) is 10.6. The maximum atomic E-state index is 12.1. The molecule has 5 heteroatoms. The van der Waals surface area contributed by atoms with E-state index in [-0.39, 0.29) is 5.69 Å². The SMILES string of the molecule is CCCn1ccn(Cc2ccc(OC)c(OC)c2)c1=O. The highest BCUT2D eigenvalue weighted by Crippen LogP contribution is 2.27. The first-order valence-corrected chi connectivity index (χ1v) is 6.66. The Balaban J connectivity index is 2.24. The van der Waals surface area contributed by atoms with Crippen LogP contribution in [0.1, 0.15) is 18.9 Å².